The number of benzene rings is 1. The fraction of sp³-hybridized carbons (Fsp3) is 0.100. The van der Waals surface area contributed by atoms with Crippen molar-refractivity contribution in [3.63, 3.8) is 0 Å². The minimum absolute atomic E-state index is 0. The van der Waals surface area contributed by atoms with Gasteiger partial charge in [0.2, 0.25) is 0 Å². The third kappa shape index (κ3) is 4.00. The predicted octanol–water partition coefficient (Wildman–Crippen LogP) is -0.0362. The molecule has 0 saturated carbocycles. The summed E-state index contributed by atoms with van der Waals surface area (Å²) < 4.78 is 36.7. The summed E-state index contributed by atoms with van der Waals surface area (Å²) in [5.41, 5.74) is -1.00. The Morgan fingerprint density at radius 3 is 2.44 bits per heavy atom. The van der Waals surface area contributed by atoms with Crippen molar-refractivity contribution >= 4 is 5.78 Å². The van der Waals surface area contributed by atoms with Gasteiger partial charge in [-0.2, -0.15) is 13.2 Å². The molecule has 6 heteroatoms. The van der Waals surface area contributed by atoms with Crippen molar-refractivity contribution in [3.05, 3.63) is 47.7 Å². The number of alkyl halides is 3. The van der Waals surface area contributed by atoms with Crippen LogP contribution in [-0.2, 0) is 6.18 Å². The van der Waals surface area contributed by atoms with Gasteiger partial charge in [-0.15, -0.1) is 0 Å². The maximum atomic E-state index is 12.2. The zero-order valence-electron chi connectivity index (χ0n) is 8.45. The predicted molar refractivity (Wildman–Crippen MR) is 47.5 cm³/mol. The zero-order chi connectivity index (χ0) is 11.5. The van der Waals surface area contributed by atoms with Crippen LogP contribution in [0.2, 0.25) is 0 Å². The number of hydrogen-bond donors (Lipinski definition) is 1. The Hall–Kier alpha value is -0.780. The number of allylic oxidation sites excluding steroid dienone is 1. The first kappa shape index (κ1) is 15.2. The summed E-state index contributed by atoms with van der Waals surface area (Å²) in [6.07, 6.45) is -3.20. The Labute approximate surface area is 112 Å². The molecule has 1 N–H and O–H groups in total. The molecule has 1 rings (SSSR count). The Balaban J connectivity index is 0.00000225. The number of halogens is 3. The molecule has 2 nitrogen and oxygen atoms in total. The summed E-state index contributed by atoms with van der Waals surface area (Å²) in [6, 6.07) is 4.00. The van der Waals surface area contributed by atoms with Crippen molar-refractivity contribution < 1.29 is 52.6 Å². The molecule has 16 heavy (non-hydrogen) atoms. The quantitative estimate of drug-likeness (QED) is 0.340. The number of carbonyl (C=O) groups is 1. The molecule has 80 valence electrons. The smallest absolute Gasteiger partial charge is 0.515 e. The van der Waals surface area contributed by atoms with E-state index in [1.54, 1.807) is 0 Å². The van der Waals surface area contributed by atoms with Gasteiger partial charge in [-0.1, -0.05) is 12.1 Å². The summed E-state index contributed by atoms with van der Waals surface area (Å²) in [6.45, 7) is 0. The van der Waals surface area contributed by atoms with E-state index in [1.165, 1.54) is 6.07 Å². The van der Waals surface area contributed by atoms with Crippen LogP contribution in [-0.4, -0.2) is 10.9 Å². The van der Waals surface area contributed by atoms with Crippen LogP contribution < -0.4 is 29.6 Å². The fourth-order valence-electron chi connectivity index (χ4n) is 1.01. The molecule has 1 aromatic rings. The Morgan fingerprint density at radius 1 is 1.31 bits per heavy atom. The summed E-state index contributed by atoms with van der Waals surface area (Å²) in [5, 5.41) is 8.30. The molecule has 0 fully saturated rings. The topological polar surface area (TPSA) is 37.3 Å². The van der Waals surface area contributed by atoms with Crippen LogP contribution in [0.15, 0.2) is 36.6 Å². The van der Waals surface area contributed by atoms with Gasteiger partial charge in [0, 0.05) is 11.6 Å². The molecule has 0 spiro atoms. The maximum absolute atomic E-state index is 12.2. The van der Waals surface area contributed by atoms with Gasteiger partial charge in [0.05, 0.1) is 11.8 Å². The van der Waals surface area contributed by atoms with E-state index in [4.69, 9.17) is 5.11 Å². The molecular formula is C10H7F3NaO2+. The number of rotatable bonds is 2. The maximum Gasteiger partial charge on any atom is 1.00 e. The van der Waals surface area contributed by atoms with Gasteiger partial charge in [0.1, 0.15) is 0 Å². The number of aliphatic hydroxyl groups is 1. The van der Waals surface area contributed by atoms with Gasteiger partial charge in [0.25, 0.3) is 0 Å². The number of ketones is 1. The molecule has 0 aromatic heterocycles. The van der Waals surface area contributed by atoms with Gasteiger partial charge in [-0.25, -0.2) is 0 Å². The van der Waals surface area contributed by atoms with E-state index in [-0.39, 0.29) is 35.1 Å². The van der Waals surface area contributed by atoms with Gasteiger partial charge >= 0.3 is 35.7 Å². The van der Waals surface area contributed by atoms with Crippen LogP contribution in [0.25, 0.3) is 0 Å². The Bertz CT molecular complexity index is 399. The second-order valence-electron chi connectivity index (χ2n) is 2.76. The van der Waals surface area contributed by atoms with E-state index >= 15 is 0 Å². The molecule has 0 aliphatic rings. The van der Waals surface area contributed by atoms with Crippen molar-refractivity contribution in [2.75, 3.05) is 0 Å². The minimum Gasteiger partial charge on any atom is -0.515 e. The van der Waals surface area contributed by atoms with E-state index in [2.05, 4.69) is 0 Å². The monoisotopic (exact) mass is 239 g/mol. The summed E-state index contributed by atoms with van der Waals surface area (Å²) in [4.78, 5) is 11.1. The van der Waals surface area contributed by atoms with Crippen LogP contribution in [0.4, 0.5) is 13.2 Å². The SMILES string of the molecule is O=C(/C=C/O)c1cccc(C(F)(F)F)c1.[Na+]. The largest absolute Gasteiger partial charge is 1.00 e. The van der Waals surface area contributed by atoms with E-state index in [0.29, 0.717) is 6.26 Å². The summed E-state index contributed by atoms with van der Waals surface area (Å²) >= 11 is 0. The van der Waals surface area contributed by atoms with Crippen LogP contribution in [0.1, 0.15) is 15.9 Å². The standard InChI is InChI=1S/C10H7F3O2.Na/c11-10(12,13)8-3-1-2-7(6-8)9(15)4-5-14;/h1-6,14H;/q;+1/b5-4+;. The molecule has 0 aliphatic carbocycles. The van der Waals surface area contributed by atoms with Crippen LogP contribution >= 0.6 is 0 Å². The van der Waals surface area contributed by atoms with E-state index in [0.717, 1.165) is 24.3 Å². The average molecular weight is 239 g/mol. The van der Waals surface area contributed by atoms with Crippen molar-refractivity contribution in [1.82, 2.24) is 0 Å². The van der Waals surface area contributed by atoms with Crippen molar-refractivity contribution in [2.24, 2.45) is 0 Å². The first-order valence-electron chi connectivity index (χ1n) is 3.97. The number of aliphatic hydroxyl groups excluding tert-OH is 1. The zero-order valence-corrected chi connectivity index (χ0v) is 10.5. The average Bonchev–Trinajstić information content (AvgIpc) is 2.17. The molecule has 0 unspecified atom stereocenters. The van der Waals surface area contributed by atoms with Gasteiger partial charge < -0.3 is 5.11 Å². The van der Waals surface area contributed by atoms with Crippen LogP contribution in [0.5, 0.6) is 0 Å². The third-order valence-electron chi connectivity index (χ3n) is 1.70. The van der Waals surface area contributed by atoms with Gasteiger partial charge in [0.15, 0.2) is 5.78 Å². The third-order valence-corrected chi connectivity index (χ3v) is 1.70. The second kappa shape index (κ2) is 6.08. The molecule has 0 bridgehead atoms. The van der Waals surface area contributed by atoms with Crippen molar-refractivity contribution in [1.29, 1.82) is 0 Å². The minimum atomic E-state index is -4.47. The van der Waals surface area contributed by atoms with E-state index in [1.807, 2.05) is 0 Å². The van der Waals surface area contributed by atoms with Crippen molar-refractivity contribution in [2.45, 2.75) is 6.18 Å². The summed E-state index contributed by atoms with van der Waals surface area (Å²) in [5.74, 6) is -0.677. The molecule has 0 radical (unpaired) electrons. The molecule has 0 amide bonds. The number of hydrogen-bond acceptors (Lipinski definition) is 2. The Morgan fingerprint density at radius 2 is 1.94 bits per heavy atom. The van der Waals surface area contributed by atoms with Crippen molar-refractivity contribution in [3.8, 4) is 0 Å². The Kier molecular flexibility index (Phi) is 5.78. The molecule has 0 aliphatic heterocycles. The van der Waals surface area contributed by atoms with Crippen LogP contribution in [0.3, 0.4) is 0 Å². The molecule has 0 atom stereocenters. The van der Waals surface area contributed by atoms with E-state index in [9.17, 15) is 18.0 Å². The summed E-state index contributed by atoms with van der Waals surface area (Å²) in [7, 11) is 0. The number of carbonyl (C=O) groups excluding carboxylic acids is 1. The first-order chi connectivity index (χ1) is 6.95. The molecule has 1 aromatic carbocycles. The van der Waals surface area contributed by atoms with Crippen LogP contribution in [0, 0.1) is 0 Å². The second-order valence-corrected chi connectivity index (χ2v) is 2.76. The van der Waals surface area contributed by atoms with Gasteiger partial charge in [-0.3, -0.25) is 4.79 Å². The fourth-order valence-corrected chi connectivity index (χ4v) is 1.01. The first-order valence-corrected chi connectivity index (χ1v) is 3.97. The molecule has 0 saturated heterocycles. The van der Waals surface area contributed by atoms with Gasteiger partial charge in [-0.05, 0) is 12.1 Å². The normalized spacial score (nSPS) is 11.2. The van der Waals surface area contributed by atoms with E-state index < -0.39 is 17.5 Å². The molecular weight excluding hydrogens is 232 g/mol. The molecule has 0 heterocycles.